The molecule has 0 aliphatic carbocycles. The summed E-state index contributed by atoms with van der Waals surface area (Å²) >= 11 is 0. The molecule has 0 radical (unpaired) electrons. The first-order chi connectivity index (χ1) is 12.3. The maximum Gasteiger partial charge on any atom is 0.433 e. The highest BCUT2D eigenvalue weighted by atomic mass is 16.7. The molecule has 0 aliphatic heterocycles. The van der Waals surface area contributed by atoms with E-state index in [0.29, 0.717) is 5.76 Å². The number of hydrogen-bond donors (Lipinski definition) is 2. The summed E-state index contributed by atoms with van der Waals surface area (Å²) in [4.78, 5) is 19.8. The fourth-order valence-corrected chi connectivity index (χ4v) is 1.73. The first kappa shape index (κ1) is 18.3. The van der Waals surface area contributed by atoms with E-state index in [1.54, 1.807) is 0 Å². The Labute approximate surface area is 145 Å². The molecule has 2 rings (SSSR count). The molecular formula is C14H12N6O6. The number of allylic oxidation sites excluding steroid dienone is 2. The quantitative estimate of drug-likeness (QED) is 0.189. The molecule has 0 saturated heterocycles. The van der Waals surface area contributed by atoms with E-state index in [1.807, 2.05) is 0 Å². The van der Waals surface area contributed by atoms with E-state index in [0.717, 1.165) is 0 Å². The smallest absolute Gasteiger partial charge is 0.406 e. The third-order valence-corrected chi connectivity index (χ3v) is 2.82. The average Bonchev–Trinajstić information content (AvgIpc) is 3.23. The van der Waals surface area contributed by atoms with Crippen LogP contribution in [-0.4, -0.2) is 15.8 Å². The lowest BCUT2D eigenvalue weighted by Gasteiger charge is -1.93. The van der Waals surface area contributed by atoms with Gasteiger partial charge in [-0.15, -0.1) is 10.2 Å². The number of nitrogens with two attached hydrogens (primary N) is 1. The molecule has 0 amide bonds. The summed E-state index contributed by atoms with van der Waals surface area (Å²) in [6.45, 7) is 0. The molecule has 0 unspecified atom stereocenters. The van der Waals surface area contributed by atoms with Gasteiger partial charge in [-0.3, -0.25) is 25.6 Å². The van der Waals surface area contributed by atoms with Crippen molar-refractivity contribution in [3.05, 3.63) is 73.9 Å². The summed E-state index contributed by atoms with van der Waals surface area (Å²) in [6.07, 6.45) is 4.50. The highest BCUT2D eigenvalue weighted by molar-refractivity contribution is 5.74. The van der Waals surface area contributed by atoms with E-state index in [4.69, 9.17) is 20.0 Å². The molecule has 2 aromatic rings. The molecule has 0 atom stereocenters. The zero-order chi connectivity index (χ0) is 19.1. The number of hydrogen-bond acceptors (Lipinski definition) is 8. The summed E-state index contributed by atoms with van der Waals surface area (Å²) in [5, 5.41) is 35.4. The molecule has 2 aromatic heterocycles. The van der Waals surface area contributed by atoms with Crippen molar-refractivity contribution in [3.63, 3.8) is 0 Å². The Kier molecular flexibility index (Phi) is 5.71. The minimum atomic E-state index is -0.673. The van der Waals surface area contributed by atoms with E-state index in [-0.39, 0.29) is 17.9 Å². The Balaban J connectivity index is 2.18. The van der Waals surface area contributed by atoms with Gasteiger partial charge in [0.1, 0.15) is 21.4 Å². The normalized spacial score (nSPS) is 12.1. The van der Waals surface area contributed by atoms with E-state index in [9.17, 15) is 20.2 Å². The first-order valence-electron chi connectivity index (χ1n) is 6.96. The standard InChI is InChI=1S/C14H12N6O6/c15-14(16)18-17-9(1-3-10-5-7-12(25-10)19(21)22)2-4-11-6-8-13(26-11)20(23)24/h1-3,5-8H,4H2,(H3,15,16). The lowest BCUT2D eigenvalue weighted by atomic mass is 10.2. The maximum atomic E-state index is 10.6. The van der Waals surface area contributed by atoms with Crippen molar-refractivity contribution in [2.24, 2.45) is 16.0 Å². The van der Waals surface area contributed by atoms with Gasteiger partial charge in [-0.25, -0.2) is 0 Å². The number of furan rings is 2. The average molecular weight is 360 g/mol. The van der Waals surface area contributed by atoms with Crippen molar-refractivity contribution in [1.82, 2.24) is 0 Å². The van der Waals surface area contributed by atoms with Gasteiger partial charge < -0.3 is 14.6 Å². The molecule has 26 heavy (non-hydrogen) atoms. The van der Waals surface area contributed by atoms with E-state index in [2.05, 4.69) is 10.2 Å². The largest absolute Gasteiger partial charge is 0.433 e. The zero-order valence-electron chi connectivity index (χ0n) is 13.1. The van der Waals surface area contributed by atoms with Crippen molar-refractivity contribution in [2.75, 3.05) is 0 Å². The van der Waals surface area contributed by atoms with Crippen LogP contribution < -0.4 is 5.73 Å². The van der Waals surface area contributed by atoms with Crippen LogP contribution in [-0.2, 0) is 6.42 Å². The topological polar surface area (TPSA) is 187 Å². The molecule has 134 valence electrons. The van der Waals surface area contributed by atoms with Crippen LogP contribution in [0.5, 0.6) is 0 Å². The third-order valence-electron chi connectivity index (χ3n) is 2.82. The summed E-state index contributed by atoms with van der Waals surface area (Å²) in [7, 11) is 0. The van der Waals surface area contributed by atoms with Gasteiger partial charge in [-0.05, 0) is 30.4 Å². The molecule has 0 fully saturated rings. The Bertz CT molecular complexity index is 922. The molecule has 3 N–H and O–H groups in total. The SMILES string of the molecule is N=C(N)N=NC(C=Cc1ccc([N+](=O)[O-])o1)=CCc1ccc([N+](=O)[O-])o1. The second-order valence-electron chi connectivity index (χ2n) is 4.68. The van der Waals surface area contributed by atoms with Gasteiger partial charge in [0.15, 0.2) is 0 Å². The summed E-state index contributed by atoms with van der Waals surface area (Å²) < 4.78 is 9.98. The molecule has 12 heteroatoms. The summed E-state index contributed by atoms with van der Waals surface area (Å²) in [5.41, 5.74) is 5.35. The van der Waals surface area contributed by atoms with Gasteiger partial charge in [0.05, 0.1) is 17.8 Å². The predicted molar refractivity (Wildman–Crippen MR) is 88.3 cm³/mol. The van der Waals surface area contributed by atoms with Crippen LogP contribution in [0.4, 0.5) is 11.8 Å². The van der Waals surface area contributed by atoms with E-state index in [1.165, 1.54) is 42.5 Å². The first-order valence-corrected chi connectivity index (χ1v) is 6.96. The van der Waals surface area contributed by atoms with Crippen LogP contribution in [0.3, 0.4) is 0 Å². The summed E-state index contributed by atoms with van der Waals surface area (Å²) in [5.74, 6) is -0.808. The fraction of sp³-hybridized carbons (Fsp3) is 0.0714. The minimum absolute atomic E-state index is 0.155. The number of guanidine groups is 1. The van der Waals surface area contributed by atoms with Gasteiger partial charge in [-0.1, -0.05) is 0 Å². The molecule has 0 saturated carbocycles. The second-order valence-corrected chi connectivity index (χ2v) is 4.68. The number of azo groups is 1. The van der Waals surface area contributed by atoms with Crippen molar-refractivity contribution < 1.29 is 18.7 Å². The van der Waals surface area contributed by atoms with Crippen LogP contribution in [0.15, 0.2) is 61.2 Å². The van der Waals surface area contributed by atoms with Crippen LogP contribution in [0, 0.1) is 25.6 Å². The molecule has 12 nitrogen and oxygen atoms in total. The Morgan fingerprint density at radius 1 is 1.12 bits per heavy atom. The van der Waals surface area contributed by atoms with Gasteiger partial charge in [0.25, 0.3) is 0 Å². The van der Waals surface area contributed by atoms with Crippen molar-refractivity contribution in [2.45, 2.75) is 6.42 Å². The fourth-order valence-electron chi connectivity index (χ4n) is 1.73. The predicted octanol–water partition coefficient (Wildman–Crippen LogP) is 3.17. The van der Waals surface area contributed by atoms with E-state index < -0.39 is 27.6 Å². The monoisotopic (exact) mass is 360 g/mol. The van der Waals surface area contributed by atoms with Gasteiger partial charge >= 0.3 is 11.8 Å². The van der Waals surface area contributed by atoms with Crippen LogP contribution in [0.1, 0.15) is 11.5 Å². The highest BCUT2D eigenvalue weighted by Gasteiger charge is 2.11. The van der Waals surface area contributed by atoms with Crippen molar-refractivity contribution in [1.29, 1.82) is 5.41 Å². The highest BCUT2D eigenvalue weighted by Crippen LogP contribution is 2.19. The Morgan fingerprint density at radius 3 is 2.35 bits per heavy atom. The van der Waals surface area contributed by atoms with Gasteiger partial charge in [0, 0.05) is 6.42 Å². The Hall–Kier alpha value is -4.09. The van der Waals surface area contributed by atoms with Crippen LogP contribution in [0.2, 0.25) is 0 Å². The van der Waals surface area contributed by atoms with Gasteiger partial charge in [-0.2, -0.15) is 0 Å². The maximum absolute atomic E-state index is 10.6. The molecular weight excluding hydrogens is 348 g/mol. The van der Waals surface area contributed by atoms with E-state index >= 15 is 0 Å². The number of nitro groups is 2. The minimum Gasteiger partial charge on any atom is -0.406 e. The number of nitrogens with zero attached hydrogens (tertiary/aromatic N) is 4. The zero-order valence-corrected chi connectivity index (χ0v) is 13.1. The lowest BCUT2D eigenvalue weighted by Crippen LogP contribution is -2.03. The molecule has 0 aliphatic rings. The third kappa shape index (κ3) is 5.23. The lowest BCUT2D eigenvalue weighted by molar-refractivity contribution is -0.402. The van der Waals surface area contributed by atoms with Crippen molar-refractivity contribution in [3.8, 4) is 0 Å². The molecule has 0 spiro atoms. The van der Waals surface area contributed by atoms with Crippen LogP contribution >= 0.6 is 0 Å². The van der Waals surface area contributed by atoms with Crippen molar-refractivity contribution >= 4 is 23.8 Å². The Morgan fingerprint density at radius 2 is 1.77 bits per heavy atom. The van der Waals surface area contributed by atoms with Crippen LogP contribution in [0.25, 0.3) is 6.08 Å². The molecule has 2 heterocycles. The number of nitrogens with one attached hydrogen (secondary N) is 1. The number of rotatable bonds is 7. The molecule has 0 bridgehead atoms. The van der Waals surface area contributed by atoms with Gasteiger partial charge in [0.2, 0.25) is 5.96 Å². The second kappa shape index (κ2) is 8.14. The summed E-state index contributed by atoms with van der Waals surface area (Å²) in [6, 6.07) is 5.25. The molecule has 0 aromatic carbocycles.